The van der Waals surface area contributed by atoms with E-state index in [4.69, 9.17) is 9.47 Å². The minimum atomic E-state index is -0.772. The summed E-state index contributed by atoms with van der Waals surface area (Å²) in [6.07, 6.45) is 5.87. The molecule has 23 heavy (non-hydrogen) atoms. The summed E-state index contributed by atoms with van der Waals surface area (Å²) in [7, 11) is 3.19. The fourth-order valence-corrected chi connectivity index (χ4v) is 3.07. The van der Waals surface area contributed by atoms with Crippen LogP contribution in [-0.2, 0) is 11.3 Å². The van der Waals surface area contributed by atoms with Crippen molar-refractivity contribution in [2.24, 2.45) is 0 Å². The van der Waals surface area contributed by atoms with Crippen molar-refractivity contribution in [2.45, 2.75) is 50.7 Å². The molecular weight excluding hydrogens is 294 g/mol. The summed E-state index contributed by atoms with van der Waals surface area (Å²) in [5.41, 5.74) is 0.652. The summed E-state index contributed by atoms with van der Waals surface area (Å²) < 4.78 is 10.4. The first-order chi connectivity index (χ1) is 11.1. The Balaban J connectivity index is 1.99. The molecule has 0 saturated heterocycles. The highest BCUT2D eigenvalue weighted by molar-refractivity contribution is 5.94. The largest absolute Gasteiger partial charge is 0.496 e. The Morgan fingerprint density at radius 3 is 2.52 bits per heavy atom. The Morgan fingerprint density at radius 2 is 1.91 bits per heavy atom. The van der Waals surface area contributed by atoms with Gasteiger partial charge in [-0.2, -0.15) is 0 Å². The molecule has 1 aromatic rings. The van der Waals surface area contributed by atoms with Crippen molar-refractivity contribution < 1.29 is 19.4 Å². The van der Waals surface area contributed by atoms with E-state index >= 15 is 0 Å². The molecule has 128 valence electrons. The van der Waals surface area contributed by atoms with Crippen LogP contribution in [0.3, 0.4) is 0 Å². The van der Waals surface area contributed by atoms with Crippen LogP contribution >= 0.6 is 0 Å². The lowest BCUT2D eigenvalue weighted by atomic mass is 9.94. The van der Waals surface area contributed by atoms with Crippen LogP contribution in [0.1, 0.15) is 54.4 Å². The number of hydrogen-bond donors (Lipinski definition) is 2. The summed E-state index contributed by atoms with van der Waals surface area (Å²) >= 11 is 0. The van der Waals surface area contributed by atoms with Crippen molar-refractivity contribution in [1.29, 1.82) is 0 Å². The van der Waals surface area contributed by atoms with Gasteiger partial charge in [-0.1, -0.05) is 31.7 Å². The summed E-state index contributed by atoms with van der Waals surface area (Å²) in [5, 5.41) is 13.5. The molecular formula is C18H27NO4. The molecule has 0 bridgehead atoms. The third-order valence-electron chi connectivity index (χ3n) is 4.46. The minimum absolute atomic E-state index is 0.190. The first-order valence-electron chi connectivity index (χ1n) is 8.24. The maximum Gasteiger partial charge on any atom is 0.251 e. The van der Waals surface area contributed by atoms with Gasteiger partial charge in [0.2, 0.25) is 0 Å². The molecule has 1 amide bonds. The lowest BCUT2D eigenvalue weighted by molar-refractivity contribution is 0.0246. The zero-order valence-electron chi connectivity index (χ0n) is 14.1. The molecule has 5 nitrogen and oxygen atoms in total. The van der Waals surface area contributed by atoms with Crippen molar-refractivity contribution in [3.8, 4) is 5.75 Å². The second kappa shape index (κ2) is 8.31. The van der Waals surface area contributed by atoms with Gasteiger partial charge < -0.3 is 19.9 Å². The maximum absolute atomic E-state index is 12.3. The monoisotopic (exact) mass is 321 g/mol. The quantitative estimate of drug-likeness (QED) is 0.791. The van der Waals surface area contributed by atoms with Gasteiger partial charge in [0.05, 0.1) is 19.3 Å². The molecule has 0 atom stereocenters. The Labute approximate surface area is 138 Å². The predicted molar refractivity (Wildman–Crippen MR) is 88.7 cm³/mol. The zero-order valence-corrected chi connectivity index (χ0v) is 14.1. The van der Waals surface area contributed by atoms with Crippen LogP contribution < -0.4 is 10.1 Å². The van der Waals surface area contributed by atoms with Gasteiger partial charge in [-0.15, -0.1) is 0 Å². The summed E-state index contributed by atoms with van der Waals surface area (Å²) in [6.45, 7) is 0.735. The second-order valence-corrected chi connectivity index (χ2v) is 6.28. The van der Waals surface area contributed by atoms with Crippen LogP contribution in [0, 0.1) is 0 Å². The topological polar surface area (TPSA) is 67.8 Å². The number of aliphatic hydroxyl groups is 1. The van der Waals surface area contributed by atoms with Crippen LogP contribution in [0.25, 0.3) is 0 Å². The van der Waals surface area contributed by atoms with Crippen LogP contribution in [0.15, 0.2) is 18.2 Å². The van der Waals surface area contributed by atoms with Crippen molar-refractivity contribution in [1.82, 2.24) is 5.32 Å². The normalized spacial score (nSPS) is 17.3. The number of methoxy groups -OCH3 is 2. The molecule has 2 rings (SSSR count). The van der Waals surface area contributed by atoms with E-state index < -0.39 is 5.60 Å². The first-order valence-corrected chi connectivity index (χ1v) is 8.24. The highest BCUT2D eigenvalue weighted by atomic mass is 16.5. The third-order valence-corrected chi connectivity index (χ3v) is 4.46. The molecule has 5 heteroatoms. The van der Waals surface area contributed by atoms with Gasteiger partial charge in [0.15, 0.2) is 0 Å². The highest BCUT2D eigenvalue weighted by Gasteiger charge is 2.28. The average molecular weight is 321 g/mol. The molecule has 0 aliphatic heterocycles. The van der Waals surface area contributed by atoms with Gasteiger partial charge in [0, 0.05) is 24.8 Å². The Kier molecular flexibility index (Phi) is 6.42. The van der Waals surface area contributed by atoms with Crippen molar-refractivity contribution >= 4 is 5.91 Å². The summed E-state index contributed by atoms with van der Waals surface area (Å²) in [5.74, 6) is 0.442. The Hall–Kier alpha value is -1.59. The molecule has 0 unspecified atom stereocenters. The van der Waals surface area contributed by atoms with Crippen molar-refractivity contribution in [3.05, 3.63) is 29.3 Å². The van der Waals surface area contributed by atoms with Crippen molar-refractivity contribution in [3.63, 3.8) is 0 Å². The van der Waals surface area contributed by atoms with E-state index in [9.17, 15) is 9.90 Å². The molecule has 1 aliphatic carbocycles. The molecule has 0 spiro atoms. The standard InChI is InChI=1S/C18H27NO4/c1-22-12-15-8-7-14(11-16(15)23-2)17(20)19-13-18(21)9-5-3-4-6-10-18/h7-8,11,21H,3-6,9-10,12-13H2,1-2H3,(H,19,20). The number of rotatable bonds is 6. The smallest absolute Gasteiger partial charge is 0.251 e. The van der Waals surface area contributed by atoms with Crippen LogP contribution in [0.2, 0.25) is 0 Å². The van der Waals surface area contributed by atoms with Gasteiger partial charge in [-0.3, -0.25) is 4.79 Å². The number of benzene rings is 1. The second-order valence-electron chi connectivity index (χ2n) is 6.28. The Morgan fingerprint density at radius 1 is 1.22 bits per heavy atom. The fraction of sp³-hybridized carbons (Fsp3) is 0.611. The number of carbonyl (C=O) groups excluding carboxylic acids is 1. The van der Waals surface area contributed by atoms with Gasteiger partial charge in [0.1, 0.15) is 5.75 Å². The van der Waals surface area contributed by atoms with E-state index in [0.29, 0.717) is 24.5 Å². The van der Waals surface area contributed by atoms with Crippen LogP contribution in [0.5, 0.6) is 5.75 Å². The molecule has 1 aliphatic rings. The van der Waals surface area contributed by atoms with Crippen LogP contribution in [0.4, 0.5) is 0 Å². The fourth-order valence-electron chi connectivity index (χ4n) is 3.07. The highest BCUT2D eigenvalue weighted by Crippen LogP contribution is 2.26. The minimum Gasteiger partial charge on any atom is -0.496 e. The summed E-state index contributed by atoms with van der Waals surface area (Å²) in [6, 6.07) is 5.29. The number of amides is 1. The predicted octanol–water partition coefficient (Wildman–Crippen LogP) is 2.66. The van der Waals surface area contributed by atoms with Gasteiger partial charge in [-0.05, 0) is 25.0 Å². The van der Waals surface area contributed by atoms with Crippen molar-refractivity contribution in [2.75, 3.05) is 20.8 Å². The number of ether oxygens (including phenoxy) is 2. The maximum atomic E-state index is 12.3. The zero-order chi connectivity index (χ0) is 16.7. The van der Waals surface area contributed by atoms with Gasteiger partial charge >= 0.3 is 0 Å². The van der Waals surface area contributed by atoms with E-state index in [2.05, 4.69) is 5.32 Å². The molecule has 1 fully saturated rings. The average Bonchev–Trinajstić information content (AvgIpc) is 2.78. The lowest BCUT2D eigenvalue weighted by Gasteiger charge is -2.26. The van der Waals surface area contributed by atoms with E-state index in [0.717, 1.165) is 44.1 Å². The van der Waals surface area contributed by atoms with E-state index in [1.165, 1.54) is 0 Å². The number of carbonyl (C=O) groups is 1. The molecule has 0 heterocycles. The number of hydrogen-bond acceptors (Lipinski definition) is 4. The van der Waals surface area contributed by atoms with E-state index in [1.54, 1.807) is 26.4 Å². The molecule has 1 saturated carbocycles. The SMILES string of the molecule is COCc1ccc(C(=O)NCC2(O)CCCCCC2)cc1OC. The Bertz CT molecular complexity index is 522. The molecule has 0 aromatic heterocycles. The molecule has 0 radical (unpaired) electrons. The van der Waals surface area contributed by atoms with Crippen LogP contribution in [-0.4, -0.2) is 37.4 Å². The van der Waals surface area contributed by atoms with E-state index in [1.807, 2.05) is 6.07 Å². The lowest BCUT2D eigenvalue weighted by Crippen LogP contribution is -2.42. The number of nitrogens with one attached hydrogen (secondary N) is 1. The van der Waals surface area contributed by atoms with Gasteiger partial charge in [0.25, 0.3) is 5.91 Å². The third kappa shape index (κ3) is 4.94. The molecule has 1 aromatic carbocycles. The van der Waals surface area contributed by atoms with Gasteiger partial charge in [-0.25, -0.2) is 0 Å². The first kappa shape index (κ1) is 17.8. The van der Waals surface area contributed by atoms with E-state index in [-0.39, 0.29) is 5.91 Å². The summed E-state index contributed by atoms with van der Waals surface area (Å²) in [4.78, 5) is 12.3. The molecule has 2 N–H and O–H groups in total.